The molecule has 33 heavy (non-hydrogen) atoms. The summed E-state index contributed by atoms with van der Waals surface area (Å²) in [5.74, 6) is 0. The van der Waals surface area contributed by atoms with Crippen molar-refractivity contribution in [2.45, 2.75) is 20.0 Å². The van der Waals surface area contributed by atoms with Gasteiger partial charge in [0, 0.05) is 50.0 Å². The number of benzene rings is 1. The summed E-state index contributed by atoms with van der Waals surface area (Å²) < 4.78 is 48.2. The van der Waals surface area contributed by atoms with E-state index in [1.807, 2.05) is 24.0 Å². The van der Waals surface area contributed by atoms with Crippen LogP contribution in [0.15, 0.2) is 36.5 Å². The maximum atomic E-state index is 12.2. The van der Waals surface area contributed by atoms with Crippen LogP contribution in [-0.4, -0.2) is 69.5 Å². The molecule has 2 heterocycles. The summed E-state index contributed by atoms with van der Waals surface area (Å²) in [6, 6.07) is 8.67. The van der Waals surface area contributed by atoms with Gasteiger partial charge in [0.15, 0.2) is 0 Å². The molecule has 2 amide bonds. The van der Waals surface area contributed by atoms with E-state index in [1.165, 1.54) is 0 Å². The van der Waals surface area contributed by atoms with Gasteiger partial charge in [0.1, 0.15) is 0 Å². The third-order valence-electron chi connectivity index (χ3n) is 5.16. The van der Waals surface area contributed by atoms with Gasteiger partial charge >= 0.3 is 15.1 Å². The lowest BCUT2D eigenvalue weighted by Crippen LogP contribution is -2.49. The Bertz CT molecular complexity index is 1210. The van der Waals surface area contributed by atoms with Crippen LogP contribution >= 0.6 is 11.6 Å². The van der Waals surface area contributed by atoms with Crippen molar-refractivity contribution < 1.29 is 21.6 Å². The molecule has 2 N–H and O–H groups in total. The summed E-state index contributed by atoms with van der Waals surface area (Å²) in [4.78, 5) is 18.3. The zero-order valence-electron chi connectivity index (χ0n) is 18.3. The molecule has 0 aliphatic carbocycles. The number of carbonyl (C=O) groups excluding carboxylic acids is 1. The summed E-state index contributed by atoms with van der Waals surface area (Å²) in [6.07, 6.45) is 2.28. The summed E-state index contributed by atoms with van der Waals surface area (Å²) in [5.41, 5.74) is 3.11. The first kappa shape index (κ1) is 25.4. The molecule has 3 rings (SSSR count). The second-order valence-electron chi connectivity index (χ2n) is 7.76. The monoisotopic (exact) mass is 515 g/mol. The van der Waals surface area contributed by atoms with Gasteiger partial charge in [-0.05, 0) is 36.2 Å². The van der Waals surface area contributed by atoms with Gasteiger partial charge in [-0.2, -0.15) is 12.7 Å². The van der Waals surface area contributed by atoms with Crippen LogP contribution in [0, 0.1) is 6.92 Å². The topological polar surface area (TPSA) is 129 Å². The number of halogens is 1. The Morgan fingerprint density at radius 3 is 2.39 bits per heavy atom. The van der Waals surface area contributed by atoms with E-state index in [-0.39, 0.29) is 25.7 Å². The van der Waals surface area contributed by atoms with Gasteiger partial charge in [0.2, 0.25) is 0 Å². The second-order valence-corrected chi connectivity index (χ2v) is 14.0. The third-order valence-corrected chi connectivity index (χ3v) is 10.2. The molecule has 180 valence electrons. The van der Waals surface area contributed by atoms with E-state index in [0.29, 0.717) is 36.6 Å². The molecule has 0 unspecified atom stereocenters. The number of nitrogens with one attached hydrogen (secondary N) is 2. The lowest BCUT2D eigenvalue weighted by atomic mass is 10.1. The lowest BCUT2D eigenvalue weighted by Gasteiger charge is -2.33. The number of anilines is 1. The molecule has 0 bridgehead atoms. The average Bonchev–Trinajstić information content (AvgIpc) is 2.75. The van der Waals surface area contributed by atoms with Crippen LogP contribution in [0.5, 0.6) is 0 Å². The Morgan fingerprint density at radius 1 is 1.09 bits per heavy atom. The summed E-state index contributed by atoms with van der Waals surface area (Å²) in [5, 5.41) is 5.98. The predicted molar refractivity (Wildman–Crippen MR) is 127 cm³/mol. The number of hydrogen-bond acceptors (Lipinski definition) is 7. The minimum absolute atomic E-state index is 0.103. The number of aromatic nitrogens is 1. The number of rotatable bonds is 7. The quantitative estimate of drug-likeness (QED) is 0.537. The zero-order chi connectivity index (χ0) is 24.2. The smallest absolute Gasteiger partial charge is 0.319 e. The van der Waals surface area contributed by atoms with Crippen LogP contribution in [0.4, 0.5) is 10.5 Å². The van der Waals surface area contributed by atoms with Crippen molar-refractivity contribution in [1.29, 1.82) is 0 Å². The van der Waals surface area contributed by atoms with E-state index < -0.39 is 17.9 Å². The first-order chi connectivity index (χ1) is 15.5. The first-order valence-electron chi connectivity index (χ1n) is 10.1. The Kier molecular flexibility index (Phi) is 7.96. The molecule has 1 aliphatic rings. The van der Waals surface area contributed by atoms with Crippen molar-refractivity contribution in [3.05, 3.63) is 58.4 Å². The highest BCUT2D eigenvalue weighted by molar-refractivity contribution is 8.66. The molecule has 0 atom stereocenters. The van der Waals surface area contributed by atoms with Gasteiger partial charge in [0.05, 0.1) is 18.1 Å². The highest BCUT2D eigenvalue weighted by Crippen LogP contribution is 2.20. The molecule has 2 aromatic rings. The number of pyridine rings is 1. The van der Waals surface area contributed by atoms with Crippen molar-refractivity contribution in [2.24, 2.45) is 0 Å². The fraction of sp³-hybridized carbons (Fsp3) is 0.400. The van der Waals surface area contributed by atoms with E-state index in [0.717, 1.165) is 21.1 Å². The van der Waals surface area contributed by atoms with Crippen molar-refractivity contribution in [3.8, 4) is 0 Å². The molecule has 10 nitrogen and oxygen atoms in total. The van der Waals surface area contributed by atoms with E-state index in [9.17, 15) is 21.6 Å². The van der Waals surface area contributed by atoms with E-state index in [4.69, 9.17) is 11.6 Å². The van der Waals surface area contributed by atoms with Crippen LogP contribution < -0.4 is 10.6 Å². The molecule has 1 aliphatic heterocycles. The molecule has 0 radical (unpaired) electrons. The molecule has 1 fully saturated rings. The van der Waals surface area contributed by atoms with Crippen molar-refractivity contribution in [2.75, 3.05) is 37.8 Å². The van der Waals surface area contributed by atoms with Gasteiger partial charge < -0.3 is 10.6 Å². The number of nitrogens with zero attached hydrogens (tertiary/aromatic N) is 3. The minimum atomic E-state index is -4.34. The third kappa shape index (κ3) is 6.64. The number of piperazine rings is 1. The molecular formula is C20H26ClN5O5S2. The van der Waals surface area contributed by atoms with E-state index in [1.54, 1.807) is 24.4 Å². The van der Waals surface area contributed by atoms with Crippen LogP contribution in [0.1, 0.15) is 16.8 Å². The second kappa shape index (κ2) is 10.3. The van der Waals surface area contributed by atoms with Crippen molar-refractivity contribution >= 4 is 41.2 Å². The molecule has 1 saturated heterocycles. The molecule has 13 heteroatoms. The summed E-state index contributed by atoms with van der Waals surface area (Å²) in [7, 11) is -8.54. The van der Waals surface area contributed by atoms with Crippen LogP contribution in [0.2, 0.25) is 5.02 Å². The molecule has 0 saturated carbocycles. The number of aryl methyl sites for hydroxylation is 1. The number of urea groups is 1. The van der Waals surface area contributed by atoms with Crippen LogP contribution in [0.3, 0.4) is 0 Å². The van der Waals surface area contributed by atoms with E-state index in [2.05, 4.69) is 15.6 Å². The first-order valence-corrected chi connectivity index (χ1v) is 14.4. The standard InChI is InChI=1S/C20H26ClN5O5S2/c1-15-3-5-18(13-22-15)24-20(27)23-12-17-11-16(4-6-19(17)21)14-25-7-9-26(10-8-25)33(30,31)32(2,28)29/h3-6,11,13H,7-10,12,14H2,1-2H3,(H2,23,24,27). The van der Waals surface area contributed by atoms with Crippen LogP contribution in [-0.2, 0) is 31.0 Å². The predicted octanol–water partition coefficient (Wildman–Crippen LogP) is 1.77. The zero-order valence-corrected chi connectivity index (χ0v) is 20.7. The van der Waals surface area contributed by atoms with Crippen molar-refractivity contribution in [3.63, 3.8) is 0 Å². The lowest BCUT2D eigenvalue weighted by molar-refractivity contribution is 0.183. The van der Waals surface area contributed by atoms with Gasteiger partial charge in [-0.1, -0.05) is 23.7 Å². The number of amides is 2. The normalized spacial score (nSPS) is 15.8. The minimum Gasteiger partial charge on any atom is -0.334 e. The molecular weight excluding hydrogens is 490 g/mol. The largest absolute Gasteiger partial charge is 0.334 e. The maximum absolute atomic E-state index is 12.2. The average molecular weight is 516 g/mol. The van der Waals surface area contributed by atoms with Gasteiger partial charge in [-0.3, -0.25) is 9.88 Å². The van der Waals surface area contributed by atoms with Crippen LogP contribution in [0.25, 0.3) is 0 Å². The molecule has 1 aromatic heterocycles. The fourth-order valence-electron chi connectivity index (χ4n) is 3.32. The molecule has 0 spiro atoms. The SMILES string of the molecule is Cc1ccc(NC(=O)NCc2cc(CN3CCN(S(=O)(=O)S(C)(=O)=O)CC3)ccc2Cl)cn1. The Labute approximate surface area is 198 Å². The highest BCUT2D eigenvalue weighted by atomic mass is 35.5. The van der Waals surface area contributed by atoms with Gasteiger partial charge in [-0.25, -0.2) is 13.2 Å². The summed E-state index contributed by atoms with van der Waals surface area (Å²) >= 11 is 6.29. The van der Waals surface area contributed by atoms with Crippen molar-refractivity contribution in [1.82, 2.24) is 19.5 Å². The fourth-order valence-corrected chi connectivity index (χ4v) is 6.09. The Hall–Kier alpha value is -2.25. The number of carbonyl (C=O) groups is 1. The highest BCUT2D eigenvalue weighted by Gasteiger charge is 2.34. The van der Waals surface area contributed by atoms with Gasteiger partial charge in [0.25, 0.3) is 8.87 Å². The molecule has 1 aromatic carbocycles. The number of hydrogen-bond donors (Lipinski definition) is 2. The maximum Gasteiger partial charge on any atom is 0.319 e. The summed E-state index contributed by atoms with van der Waals surface area (Å²) in [6.45, 7) is 3.62. The Morgan fingerprint density at radius 2 is 1.79 bits per heavy atom. The van der Waals surface area contributed by atoms with Gasteiger partial charge in [-0.15, -0.1) is 0 Å². The van der Waals surface area contributed by atoms with E-state index >= 15 is 0 Å². The Balaban J connectivity index is 1.55.